The van der Waals surface area contributed by atoms with E-state index >= 15 is 0 Å². The van der Waals surface area contributed by atoms with Gasteiger partial charge in [-0.1, -0.05) is 12.1 Å². The molecule has 3 nitrogen and oxygen atoms in total. The van der Waals surface area contributed by atoms with Crippen molar-refractivity contribution in [2.24, 2.45) is 11.3 Å². The van der Waals surface area contributed by atoms with Crippen molar-refractivity contribution in [2.45, 2.75) is 32.0 Å². The molecule has 2 fully saturated rings. The van der Waals surface area contributed by atoms with Gasteiger partial charge in [-0.25, -0.2) is 0 Å². The highest BCUT2D eigenvalue weighted by Crippen LogP contribution is 2.75. The lowest BCUT2D eigenvalue weighted by Crippen LogP contribution is -2.40. The molecule has 0 bridgehead atoms. The highest BCUT2D eigenvalue weighted by atomic mass is 19.4. The predicted octanol–water partition coefficient (Wildman–Crippen LogP) is 3.21. The quantitative estimate of drug-likeness (QED) is 0.906. The average Bonchev–Trinajstić information content (AvgIpc) is 3.25. The Morgan fingerprint density at radius 3 is 2.38 bits per heavy atom. The van der Waals surface area contributed by atoms with Gasteiger partial charge < -0.3 is 10.1 Å². The zero-order valence-electron chi connectivity index (χ0n) is 11.5. The molecule has 0 aromatic heterocycles. The maximum Gasteiger partial charge on any atom is 0.412 e. The summed E-state index contributed by atoms with van der Waals surface area (Å²) in [5.41, 5.74) is -0.456. The minimum Gasteiger partial charge on any atom is -0.494 e. The number of carbonyl (C=O) groups is 1. The lowest BCUT2D eigenvalue weighted by molar-refractivity contribution is -0.164. The second-order valence-corrected chi connectivity index (χ2v) is 5.71. The van der Waals surface area contributed by atoms with Gasteiger partial charge in [-0.15, -0.1) is 0 Å². The fourth-order valence-electron chi connectivity index (χ4n) is 2.62. The first kappa shape index (κ1) is 14.2. The molecule has 0 unspecified atom stereocenters. The number of benzene rings is 1. The molecule has 21 heavy (non-hydrogen) atoms. The zero-order valence-corrected chi connectivity index (χ0v) is 11.5. The van der Waals surface area contributed by atoms with E-state index in [0.717, 1.165) is 12.8 Å². The van der Waals surface area contributed by atoms with Gasteiger partial charge in [0, 0.05) is 0 Å². The molecular weight excluding hydrogens is 283 g/mol. The highest BCUT2D eigenvalue weighted by molar-refractivity contribution is 5.90. The number of carbonyl (C=O) groups excluding carboxylic acids is 1. The van der Waals surface area contributed by atoms with E-state index < -0.39 is 23.5 Å². The Kier molecular flexibility index (Phi) is 3.15. The molecule has 2 aliphatic carbocycles. The minimum absolute atomic E-state index is 0.0218. The topological polar surface area (TPSA) is 38.3 Å². The highest BCUT2D eigenvalue weighted by Gasteiger charge is 2.74. The molecule has 2 aliphatic rings. The number of ether oxygens (including phenoxy) is 1. The zero-order chi connectivity index (χ0) is 15.3. The summed E-state index contributed by atoms with van der Waals surface area (Å²) in [5, 5.41) is 2.16. The molecule has 1 aromatic carbocycles. The van der Waals surface area contributed by atoms with Gasteiger partial charge in [0.15, 0.2) is 6.04 Å². The maximum atomic E-state index is 13.2. The fourth-order valence-corrected chi connectivity index (χ4v) is 2.62. The van der Waals surface area contributed by atoms with Crippen molar-refractivity contribution in [3.8, 4) is 5.75 Å². The summed E-state index contributed by atoms with van der Waals surface area (Å²) in [4.78, 5) is 11.9. The molecular formula is C15H16F3NO2. The molecule has 1 amide bonds. The van der Waals surface area contributed by atoms with Crippen LogP contribution in [0, 0.1) is 11.3 Å². The molecule has 114 valence electrons. The van der Waals surface area contributed by atoms with Crippen LogP contribution in [0.15, 0.2) is 24.3 Å². The van der Waals surface area contributed by atoms with Crippen LogP contribution >= 0.6 is 0 Å². The summed E-state index contributed by atoms with van der Waals surface area (Å²) in [6.07, 6.45) is -3.06. The molecule has 3 rings (SSSR count). The smallest absolute Gasteiger partial charge is 0.412 e. The van der Waals surface area contributed by atoms with E-state index in [1.807, 2.05) is 0 Å². The average molecular weight is 299 g/mol. The third-order valence-electron chi connectivity index (χ3n) is 4.26. The van der Waals surface area contributed by atoms with Crippen LogP contribution in [0.4, 0.5) is 13.2 Å². The fraction of sp³-hybridized carbons (Fsp3) is 0.533. The van der Waals surface area contributed by atoms with Crippen molar-refractivity contribution in [2.75, 3.05) is 6.61 Å². The summed E-state index contributed by atoms with van der Waals surface area (Å²) in [7, 11) is 0. The van der Waals surface area contributed by atoms with Crippen LogP contribution in [0.25, 0.3) is 0 Å². The van der Waals surface area contributed by atoms with Crippen molar-refractivity contribution in [3.63, 3.8) is 0 Å². The van der Waals surface area contributed by atoms with Crippen molar-refractivity contribution >= 4 is 5.91 Å². The number of hydrogen-bond donors (Lipinski definition) is 1. The van der Waals surface area contributed by atoms with E-state index in [4.69, 9.17) is 4.74 Å². The SMILES string of the molecule is CCOc1ccc([C@H](NC(=O)C23CC2C3)C(F)(F)F)cc1. The molecule has 1 aromatic rings. The Morgan fingerprint density at radius 2 is 1.95 bits per heavy atom. The molecule has 0 spiro atoms. The lowest BCUT2D eigenvalue weighted by Gasteiger charge is -2.23. The van der Waals surface area contributed by atoms with Crippen LogP contribution < -0.4 is 10.1 Å². The Bertz CT molecular complexity index is 547. The molecule has 0 aliphatic heterocycles. The number of nitrogens with one attached hydrogen (secondary N) is 1. The lowest BCUT2D eigenvalue weighted by atomic mass is 10.0. The van der Waals surface area contributed by atoms with E-state index in [1.165, 1.54) is 24.3 Å². The van der Waals surface area contributed by atoms with E-state index in [2.05, 4.69) is 5.32 Å². The Labute approximate surface area is 120 Å². The Hall–Kier alpha value is -1.72. The molecule has 1 atom stereocenters. The molecule has 0 radical (unpaired) electrons. The molecule has 6 heteroatoms. The van der Waals surface area contributed by atoms with Crippen molar-refractivity contribution in [1.29, 1.82) is 0 Å². The number of fused-ring (bicyclic) bond motifs is 1. The predicted molar refractivity (Wildman–Crippen MR) is 69.7 cm³/mol. The van der Waals surface area contributed by atoms with E-state index in [0.29, 0.717) is 18.3 Å². The van der Waals surface area contributed by atoms with Gasteiger partial charge in [-0.05, 0) is 43.4 Å². The first-order chi connectivity index (χ1) is 9.87. The first-order valence-electron chi connectivity index (χ1n) is 6.97. The molecule has 1 N–H and O–H groups in total. The maximum absolute atomic E-state index is 13.2. The molecule has 2 saturated carbocycles. The third-order valence-corrected chi connectivity index (χ3v) is 4.26. The van der Waals surface area contributed by atoms with Crippen molar-refractivity contribution in [1.82, 2.24) is 5.32 Å². The number of halogens is 3. The van der Waals surface area contributed by atoms with Gasteiger partial charge >= 0.3 is 6.18 Å². The summed E-state index contributed by atoms with van der Waals surface area (Å²) in [6, 6.07) is 3.70. The van der Waals surface area contributed by atoms with Crippen LogP contribution in [-0.4, -0.2) is 18.7 Å². The van der Waals surface area contributed by atoms with Gasteiger partial charge in [-0.2, -0.15) is 13.2 Å². The minimum atomic E-state index is -4.52. The number of hydrogen-bond acceptors (Lipinski definition) is 2. The standard InChI is InChI=1S/C15H16F3NO2/c1-2-21-11-5-3-9(4-6-11)12(15(16,17)18)19-13(20)14-7-10(14)8-14/h3-6,10,12H,2,7-8H2,1H3,(H,19,20)/t10?,12-,14?/m0/s1. The van der Waals surface area contributed by atoms with Crippen LogP contribution in [0.1, 0.15) is 31.4 Å². The summed E-state index contributed by atoms with van der Waals surface area (Å²) in [6.45, 7) is 2.25. The monoisotopic (exact) mass is 299 g/mol. The number of alkyl halides is 3. The van der Waals surface area contributed by atoms with Gasteiger partial charge in [0.25, 0.3) is 0 Å². The van der Waals surface area contributed by atoms with Crippen LogP contribution in [0.5, 0.6) is 5.75 Å². The van der Waals surface area contributed by atoms with Gasteiger partial charge in [0.2, 0.25) is 5.91 Å². The number of amides is 1. The van der Waals surface area contributed by atoms with Gasteiger partial charge in [-0.3, -0.25) is 4.79 Å². The van der Waals surface area contributed by atoms with Crippen molar-refractivity contribution < 1.29 is 22.7 Å². The van der Waals surface area contributed by atoms with E-state index in [1.54, 1.807) is 6.92 Å². The van der Waals surface area contributed by atoms with Crippen molar-refractivity contribution in [3.05, 3.63) is 29.8 Å². The molecule has 0 saturated heterocycles. The molecule has 0 heterocycles. The van der Waals surface area contributed by atoms with Gasteiger partial charge in [0.1, 0.15) is 5.75 Å². The summed E-state index contributed by atoms with van der Waals surface area (Å²) >= 11 is 0. The van der Waals surface area contributed by atoms with Gasteiger partial charge in [0.05, 0.1) is 12.0 Å². The normalized spacial score (nSPS) is 27.5. The largest absolute Gasteiger partial charge is 0.494 e. The second-order valence-electron chi connectivity index (χ2n) is 5.71. The van der Waals surface area contributed by atoms with E-state index in [9.17, 15) is 18.0 Å². The second kappa shape index (κ2) is 4.64. The Morgan fingerprint density at radius 1 is 1.38 bits per heavy atom. The van der Waals surface area contributed by atoms with Crippen LogP contribution in [-0.2, 0) is 4.79 Å². The Balaban J connectivity index is 1.76. The van der Waals surface area contributed by atoms with Crippen LogP contribution in [0.2, 0.25) is 0 Å². The number of rotatable bonds is 5. The summed E-state index contributed by atoms with van der Waals surface area (Å²) < 4.78 is 44.8. The van der Waals surface area contributed by atoms with E-state index in [-0.39, 0.29) is 5.56 Å². The summed E-state index contributed by atoms with van der Waals surface area (Å²) in [5.74, 6) is 0.354. The third kappa shape index (κ3) is 2.59. The first-order valence-corrected chi connectivity index (χ1v) is 6.97. The van der Waals surface area contributed by atoms with Crippen LogP contribution in [0.3, 0.4) is 0 Å².